The highest BCUT2D eigenvalue weighted by molar-refractivity contribution is 7.98. The largest absolute Gasteiger partial charge is 0.496 e. The Balaban J connectivity index is 3.09. The van der Waals surface area contributed by atoms with Crippen LogP contribution in [0, 0.1) is 0 Å². The molecule has 0 aliphatic rings. The van der Waals surface area contributed by atoms with Gasteiger partial charge >= 0.3 is 5.97 Å². The Hall–Kier alpha value is -1.49. The summed E-state index contributed by atoms with van der Waals surface area (Å²) in [5, 5.41) is 0. The van der Waals surface area contributed by atoms with E-state index in [9.17, 15) is 9.59 Å². The van der Waals surface area contributed by atoms with Gasteiger partial charge in [-0.05, 0) is 31.4 Å². The van der Waals surface area contributed by atoms with Crippen LogP contribution in [0.5, 0.6) is 5.75 Å². The maximum Gasteiger partial charge on any atom is 0.379 e. The fraction of sp³-hybridized carbons (Fsp3) is 0.333. The highest BCUT2D eigenvalue weighted by Crippen LogP contribution is 2.25. The molecule has 1 aromatic rings. The van der Waals surface area contributed by atoms with Gasteiger partial charge in [0.2, 0.25) is 0 Å². The number of esters is 1. The van der Waals surface area contributed by atoms with Gasteiger partial charge in [-0.3, -0.25) is 4.79 Å². The van der Waals surface area contributed by atoms with Gasteiger partial charge in [0.1, 0.15) is 5.75 Å². The van der Waals surface area contributed by atoms with Crippen LogP contribution in [0.4, 0.5) is 0 Å². The summed E-state index contributed by atoms with van der Waals surface area (Å²) >= 11 is 1.48. The number of rotatable bonds is 5. The Kier molecular flexibility index (Phi) is 5.03. The van der Waals surface area contributed by atoms with Gasteiger partial charge in [0.25, 0.3) is 5.78 Å². The van der Waals surface area contributed by atoms with Gasteiger partial charge in [-0.2, -0.15) is 0 Å². The Morgan fingerprint density at radius 2 is 2.06 bits per heavy atom. The first-order chi connectivity index (χ1) is 8.13. The minimum absolute atomic E-state index is 0.176. The molecule has 0 radical (unpaired) electrons. The molecule has 5 heteroatoms. The average Bonchev–Trinajstić information content (AvgIpc) is 2.37. The predicted molar refractivity (Wildman–Crippen MR) is 65.7 cm³/mol. The lowest BCUT2D eigenvalue weighted by Gasteiger charge is -2.08. The molecule has 1 aromatic carbocycles. The number of ether oxygens (including phenoxy) is 2. The Labute approximate surface area is 104 Å². The first-order valence-electron chi connectivity index (χ1n) is 5.07. The van der Waals surface area contributed by atoms with E-state index < -0.39 is 11.8 Å². The summed E-state index contributed by atoms with van der Waals surface area (Å²) in [4.78, 5) is 24.1. The van der Waals surface area contributed by atoms with Crippen molar-refractivity contribution in [1.82, 2.24) is 0 Å². The van der Waals surface area contributed by atoms with Crippen molar-refractivity contribution in [1.29, 1.82) is 0 Å². The Bertz CT molecular complexity index is 429. The van der Waals surface area contributed by atoms with E-state index in [0.717, 1.165) is 4.90 Å². The van der Waals surface area contributed by atoms with Gasteiger partial charge in [0.15, 0.2) is 0 Å². The van der Waals surface area contributed by atoms with Gasteiger partial charge in [-0.15, -0.1) is 11.8 Å². The van der Waals surface area contributed by atoms with E-state index in [0.29, 0.717) is 5.75 Å². The van der Waals surface area contributed by atoms with Crippen molar-refractivity contribution in [3.05, 3.63) is 23.8 Å². The van der Waals surface area contributed by atoms with Crippen molar-refractivity contribution in [3.8, 4) is 5.75 Å². The van der Waals surface area contributed by atoms with Crippen LogP contribution in [0.3, 0.4) is 0 Å². The normalized spacial score (nSPS) is 9.82. The SMILES string of the molecule is CCOC(=O)C(=O)c1cc(SC)ccc1OC. The van der Waals surface area contributed by atoms with Crippen molar-refractivity contribution >= 4 is 23.5 Å². The zero-order valence-electron chi connectivity index (χ0n) is 9.98. The first kappa shape index (κ1) is 13.6. The van der Waals surface area contributed by atoms with Gasteiger partial charge in [0, 0.05) is 4.90 Å². The summed E-state index contributed by atoms with van der Waals surface area (Å²) in [6.07, 6.45) is 1.89. The number of methoxy groups -OCH3 is 1. The van der Waals surface area contributed by atoms with Crippen LogP contribution in [-0.2, 0) is 9.53 Å². The molecule has 0 saturated carbocycles. The number of benzene rings is 1. The molecule has 0 amide bonds. The van der Waals surface area contributed by atoms with E-state index in [1.165, 1.54) is 18.9 Å². The van der Waals surface area contributed by atoms with Gasteiger partial charge in [-0.25, -0.2) is 4.79 Å². The topological polar surface area (TPSA) is 52.6 Å². The molecule has 0 aliphatic heterocycles. The van der Waals surface area contributed by atoms with E-state index in [1.807, 2.05) is 12.3 Å². The van der Waals surface area contributed by atoms with Gasteiger partial charge in [0.05, 0.1) is 19.3 Å². The number of hydrogen-bond acceptors (Lipinski definition) is 5. The number of ketones is 1. The molecule has 0 saturated heterocycles. The molecule has 0 bridgehead atoms. The summed E-state index contributed by atoms with van der Waals surface area (Å²) < 4.78 is 9.74. The van der Waals surface area contributed by atoms with Crippen molar-refractivity contribution in [3.63, 3.8) is 0 Å². The van der Waals surface area contributed by atoms with Crippen LogP contribution in [0.25, 0.3) is 0 Å². The standard InChI is InChI=1S/C12H14O4S/c1-4-16-12(14)11(13)9-7-8(17-3)5-6-10(9)15-2/h5-7H,4H2,1-3H3. The van der Waals surface area contributed by atoms with E-state index in [1.54, 1.807) is 19.1 Å². The lowest BCUT2D eigenvalue weighted by Crippen LogP contribution is -2.18. The Morgan fingerprint density at radius 1 is 1.35 bits per heavy atom. The van der Waals surface area contributed by atoms with Crippen molar-refractivity contribution in [2.24, 2.45) is 0 Å². The average molecular weight is 254 g/mol. The highest BCUT2D eigenvalue weighted by atomic mass is 32.2. The first-order valence-corrected chi connectivity index (χ1v) is 6.30. The molecule has 0 fully saturated rings. The van der Waals surface area contributed by atoms with E-state index in [4.69, 9.17) is 4.74 Å². The summed E-state index contributed by atoms with van der Waals surface area (Å²) in [6.45, 7) is 1.83. The number of thioether (sulfide) groups is 1. The number of hydrogen-bond donors (Lipinski definition) is 0. The van der Waals surface area contributed by atoms with Crippen molar-refractivity contribution < 1.29 is 19.1 Å². The molecule has 17 heavy (non-hydrogen) atoms. The molecular weight excluding hydrogens is 240 g/mol. The second-order valence-corrected chi connectivity index (χ2v) is 4.00. The smallest absolute Gasteiger partial charge is 0.379 e. The summed E-state index contributed by atoms with van der Waals surface area (Å²) in [5.41, 5.74) is 0.234. The van der Waals surface area contributed by atoms with E-state index in [-0.39, 0.29) is 12.2 Å². The fourth-order valence-electron chi connectivity index (χ4n) is 1.30. The molecule has 92 valence electrons. The van der Waals surface area contributed by atoms with E-state index in [2.05, 4.69) is 4.74 Å². The minimum atomic E-state index is -0.857. The van der Waals surface area contributed by atoms with Crippen LogP contribution >= 0.6 is 11.8 Å². The van der Waals surface area contributed by atoms with Crippen LogP contribution in [0.15, 0.2) is 23.1 Å². The number of carbonyl (C=O) groups excluding carboxylic acids is 2. The molecule has 4 nitrogen and oxygen atoms in total. The number of carbonyl (C=O) groups is 2. The highest BCUT2D eigenvalue weighted by Gasteiger charge is 2.21. The minimum Gasteiger partial charge on any atom is -0.496 e. The third-order valence-corrected chi connectivity index (χ3v) is 2.84. The Morgan fingerprint density at radius 3 is 2.59 bits per heavy atom. The summed E-state index contributed by atoms with van der Waals surface area (Å²) in [7, 11) is 1.45. The second-order valence-electron chi connectivity index (χ2n) is 3.12. The molecule has 0 atom stereocenters. The lowest BCUT2D eigenvalue weighted by molar-refractivity contribution is -0.137. The molecule has 0 aliphatic carbocycles. The molecule has 0 aromatic heterocycles. The quantitative estimate of drug-likeness (QED) is 0.349. The predicted octanol–water partition coefficient (Wildman–Crippen LogP) is 2.16. The summed E-state index contributed by atoms with van der Waals surface area (Å²) in [5.74, 6) is -1.16. The van der Waals surface area contributed by atoms with Crippen LogP contribution in [0.2, 0.25) is 0 Å². The maximum absolute atomic E-state index is 11.8. The summed E-state index contributed by atoms with van der Waals surface area (Å²) in [6, 6.07) is 5.12. The van der Waals surface area contributed by atoms with E-state index >= 15 is 0 Å². The molecule has 0 spiro atoms. The van der Waals surface area contributed by atoms with Gasteiger partial charge in [-0.1, -0.05) is 0 Å². The van der Waals surface area contributed by atoms with Crippen LogP contribution in [0.1, 0.15) is 17.3 Å². The van der Waals surface area contributed by atoms with Gasteiger partial charge < -0.3 is 9.47 Å². The molecular formula is C12H14O4S. The molecule has 1 rings (SSSR count). The molecule has 0 heterocycles. The van der Waals surface area contributed by atoms with Crippen molar-refractivity contribution in [2.75, 3.05) is 20.0 Å². The molecule has 0 unspecified atom stereocenters. The monoisotopic (exact) mass is 254 g/mol. The van der Waals surface area contributed by atoms with Crippen LogP contribution in [-0.4, -0.2) is 31.7 Å². The lowest BCUT2D eigenvalue weighted by atomic mass is 10.1. The zero-order valence-corrected chi connectivity index (χ0v) is 10.8. The third-order valence-electron chi connectivity index (χ3n) is 2.11. The third kappa shape index (κ3) is 3.23. The second kappa shape index (κ2) is 6.30. The van der Waals surface area contributed by atoms with Crippen molar-refractivity contribution in [2.45, 2.75) is 11.8 Å². The number of Topliss-reactive ketones (excluding diaryl/α,β-unsaturated/α-hetero) is 1. The fourth-order valence-corrected chi connectivity index (χ4v) is 1.74. The zero-order chi connectivity index (χ0) is 12.8. The molecule has 0 N–H and O–H groups in total. The van der Waals surface area contributed by atoms with Crippen LogP contribution < -0.4 is 4.74 Å². The maximum atomic E-state index is 11.8.